The number of nitrogens with zero attached hydrogens (tertiary/aromatic N) is 6. The van der Waals surface area contributed by atoms with Crippen LogP contribution in [-0.2, 0) is 0 Å². The molecule has 0 aliphatic carbocycles. The van der Waals surface area contributed by atoms with E-state index in [9.17, 15) is 0 Å². The van der Waals surface area contributed by atoms with Gasteiger partial charge < -0.3 is 15.3 Å². The molecule has 0 aliphatic heterocycles. The van der Waals surface area contributed by atoms with Gasteiger partial charge in [-0.3, -0.25) is 0 Å². The quantitative estimate of drug-likeness (QED) is 0.492. The van der Waals surface area contributed by atoms with Crippen molar-refractivity contribution in [1.29, 1.82) is 0 Å². The van der Waals surface area contributed by atoms with Crippen LogP contribution in [0.2, 0.25) is 0 Å². The van der Waals surface area contributed by atoms with Gasteiger partial charge in [-0.15, -0.1) is 6.58 Å². The summed E-state index contributed by atoms with van der Waals surface area (Å²) in [5.74, 6) is 0.791. The van der Waals surface area contributed by atoms with Crippen LogP contribution in [0.5, 0.6) is 0 Å². The molecule has 122 valence electrons. The van der Waals surface area contributed by atoms with E-state index in [0.29, 0.717) is 11.3 Å². The monoisotopic (exact) mass is 323 g/mol. The van der Waals surface area contributed by atoms with Gasteiger partial charge in [0.25, 0.3) is 0 Å². The predicted molar refractivity (Wildman–Crippen MR) is 91.3 cm³/mol. The number of fused-ring (bicyclic) bond motifs is 2. The Morgan fingerprint density at radius 2 is 1.83 bits per heavy atom. The normalized spacial score (nSPS) is 10.4. The second-order valence-corrected chi connectivity index (χ2v) is 5.12. The number of imidazole rings is 2. The number of hydrogen-bond donors (Lipinski definition) is 3. The Hall–Kier alpha value is -3.36. The van der Waals surface area contributed by atoms with Gasteiger partial charge in [0.15, 0.2) is 17.1 Å². The van der Waals surface area contributed by atoms with E-state index in [1.807, 2.05) is 6.92 Å². The van der Waals surface area contributed by atoms with Crippen molar-refractivity contribution in [3.05, 3.63) is 43.7 Å². The third kappa shape index (κ3) is 3.69. The van der Waals surface area contributed by atoms with Gasteiger partial charge in [-0.05, 0) is 13.3 Å². The lowest BCUT2D eigenvalue weighted by molar-refractivity contribution is 0.990. The molecule has 0 saturated heterocycles. The summed E-state index contributed by atoms with van der Waals surface area (Å²) in [6, 6.07) is 0. The fourth-order valence-electron chi connectivity index (χ4n) is 1.98. The minimum atomic E-state index is 0.683. The highest BCUT2D eigenvalue weighted by Gasteiger charge is 2.03. The average molecular weight is 323 g/mol. The average Bonchev–Trinajstić information content (AvgIpc) is 3.24. The highest BCUT2D eigenvalue weighted by Crippen LogP contribution is 2.14. The summed E-state index contributed by atoms with van der Waals surface area (Å²) < 4.78 is 0. The van der Waals surface area contributed by atoms with E-state index in [4.69, 9.17) is 0 Å². The molecule has 0 aromatic carbocycles. The Kier molecular flexibility index (Phi) is 4.70. The van der Waals surface area contributed by atoms with Crippen LogP contribution in [0.3, 0.4) is 0 Å². The van der Waals surface area contributed by atoms with Crippen molar-refractivity contribution in [2.45, 2.75) is 13.3 Å². The molecular weight excluding hydrogens is 306 g/mol. The fraction of sp³-hybridized carbons (Fsp3) is 0.200. The zero-order chi connectivity index (χ0) is 16.8. The largest absolute Gasteiger partial charge is 0.368 e. The van der Waals surface area contributed by atoms with Crippen LogP contribution in [0.25, 0.3) is 22.3 Å². The van der Waals surface area contributed by atoms with Crippen LogP contribution < -0.4 is 5.32 Å². The van der Waals surface area contributed by atoms with Crippen LogP contribution in [0.15, 0.2) is 43.7 Å². The summed E-state index contributed by atoms with van der Waals surface area (Å²) in [5.41, 5.74) is 4.27. The molecule has 24 heavy (non-hydrogen) atoms. The molecule has 0 unspecified atom stereocenters. The molecule has 9 heteroatoms. The second kappa shape index (κ2) is 7.27. The van der Waals surface area contributed by atoms with E-state index >= 15 is 0 Å². The zero-order valence-corrected chi connectivity index (χ0v) is 13.2. The maximum absolute atomic E-state index is 4.15. The molecule has 4 aromatic rings. The van der Waals surface area contributed by atoms with E-state index < -0.39 is 0 Å². The van der Waals surface area contributed by atoms with Gasteiger partial charge in [-0.25, -0.2) is 29.9 Å². The fourth-order valence-corrected chi connectivity index (χ4v) is 1.98. The number of nitrogens with one attached hydrogen (secondary N) is 3. The van der Waals surface area contributed by atoms with Gasteiger partial charge in [0.1, 0.15) is 23.7 Å². The van der Waals surface area contributed by atoms with Crippen molar-refractivity contribution < 1.29 is 0 Å². The van der Waals surface area contributed by atoms with Crippen LogP contribution in [0, 0.1) is 0 Å². The van der Waals surface area contributed by atoms with Gasteiger partial charge in [0, 0.05) is 6.54 Å². The first kappa shape index (κ1) is 15.5. The van der Waals surface area contributed by atoms with Crippen LogP contribution >= 0.6 is 0 Å². The minimum absolute atomic E-state index is 0.683. The SMILES string of the molecule is C=C(C)CCNc1ncnc2nc[nH]c12.c1ncc2[nH]cnc2n1. The Bertz CT molecular complexity index is 910. The Balaban J connectivity index is 0.000000159. The number of anilines is 1. The summed E-state index contributed by atoms with van der Waals surface area (Å²) in [7, 11) is 0. The van der Waals surface area contributed by atoms with Gasteiger partial charge in [0.2, 0.25) is 0 Å². The summed E-state index contributed by atoms with van der Waals surface area (Å²) in [4.78, 5) is 29.7. The highest BCUT2D eigenvalue weighted by molar-refractivity contribution is 5.81. The van der Waals surface area contributed by atoms with Gasteiger partial charge in [-0.1, -0.05) is 5.57 Å². The Morgan fingerprint density at radius 3 is 2.67 bits per heavy atom. The number of hydrogen-bond acceptors (Lipinski definition) is 7. The van der Waals surface area contributed by atoms with Crippen molar-refractivity contribution in [2.24, 2.45) is 0 Å². The molecule has 0 aliphatic rings. The summed E-state index contributed by atoms with van der Waals surface area (Å²) in [5, 5.41) is 3.22. The summed E-state index contributed by atoms with van der Waals surface area (Å²) >= 11 is 0. The van der Waals surface area contributed by atoms with Gasteiger partial charge in [0.05, 0.1) is 18.9 Å². The maximum Gasteiger partial charge on any atom is 0.182 e. The first-order valence-electron chi connectivity index (χ1n) is 7.35. The van der Waals surface area contributed by atoms with Crippen molar-refractivity contribution >= 4 is 28.1 Å². The third-order valence-electron chi connectivity index (χ3n) is 3.17. The molecule has 0 bridgehead atoms. The molecule has 0 amide bonds. The molecular formula is C15H17N9. The zero-order valence-electron chi connectivity index (χ0n) is 13.2. The minimum Gasteiger partial charge on any atom is -0.368 e. The van der Waals surface area contributed by atoms with Gasteiger partial charge in [-0.2, -0.15) is 0 Å². The number of H-pyrrole nitrogens is 2. The lowest BCUT2D eigenvalue weighted by Crippen LogP contribution is -2.04. The van der Waals surface area contributed by atoms with E-state index in [1.54, 1.807) is 18.9 Å². The van der Waals surface area contributed by atoms with E-state index in [2.05, 4.69) is 51.8 Å². The molecule has 0 spiro atoms. The van der Waals surface area contributed by atoms with Crippen LogP contribution in [-0.4, -0.2) is 46.4 Å². The second-order valence-electron chi connectivity index (χ2n) is 5.12. The standard InChI is InChI=1S/C10H13N5.C5H4N4/c1-7(2)3-4-11-9-8-10(13-5-12-8)15-6-14-9;1-4-5(8-2-6-1)9-3-7-4/h5-6H,1,3-4H2,2H3,(H2,11,12,13,14,15);1-3H,(H,6,7,8,9). The molecule has 0 radical (unpaired) electrons. The maximum atomic E-state index is 4.15. The molecule has 3 N–H and O–H groups in total. The van der Waals surface area contributed by atoms with Gasteiger partial charge >= 0.3 is 0 Å². The first-order valence-corrected chi connectivity index (χ1v) is 7.35. The van der Waals surface area contributed by atoms with Crippen LogP contribution in [0.4, 0.5) is 5.82 Å². The Morgan fingerprint density at radius 1 is 1.04 bits per heavy atom. The number of rotatable bonds is 4. The Labute approximate surface area is 137 Å². The van der Waals surface area contributed by atoms with Crippen molar-refractivity contribution in [3.8, 4) is 0 Å². The lowest BCUT2D eigenvalue weighted by Gasteiger charge is -2.04. The van der Waals surface area contributed by atoms with Crippen molar-refractivity contribution in [3.63, 3.8) is 0 Å². The molecule has 4 rings (SSSR count). The van der Waals surface area contributed by atoms with E-state index in [-0.39, 0.29) is 0 Å². The number of aromatic amines is 2. The molecule has 9 nitrogen and oxygen atoms in total. The van der Waals surface area contributed by atoms with E-state index in [0.717, 1.165) is 35.4 Å². The topological polar surface area (TPSA) is 121 Å². The lowest BCUT2D eigenvalue weighted by atomic mass is 10.2. The molecule has 4 heterocycles. The molecule has 0 fully saturated rings. The molecule has 0 saturated carbocycles. The smallest absolute Gasteiger partial charge is 0.182 e. The third-order valence-corrected chi connectivity index (χ3v) is 3.17. The first-order chi connectivity index (χ1) is 11.7. The number of aromatic nitrogens is 8. The van der Waals surface area contributed by atoms with E-state index in [1.165, 1.54) is 12.7 Å². The summed E-state index contributed by atoms with van der Waals surface area (Å²) in [6.45, 7) is 6.67. The van der Waals surface area contributed by atoms with Crippen LogP contribution in [0.1, 0.15) is 13.3 Å². The predicted octanol–water partition coefficient (Wildman–Crippen LogP) is 2.08. The van der Waals surface area contributed by atoms with Crippen molar-refractivity contribution in [1.82, 2.24) is 39.9 Å². The highest BCUT2D eigenvalue weighted by atomic mass is 15.1. The molecule has 0 atom stereocenters. The summed E-state index contributed by atoms with van der Waals surface area (Å²) in [6.07, 6.45) is 8.81. The van der Waals surface area contributed by atoms with Crippen molar-refractivity contribution in [2.75, 3.05) is 11.9 Å². The molecule has 4 aromatic heterocycles.